The van der Waals surface area contributed by atoms with Gasteiger partial charge in [0.25, 0.3) is 5.56 Å². The van der Waals surface area contributed by atoms with Crippen LogP contribution in [-0.4, -0.2) is 59.5 Å². The Kier molecular flexibility index (Phi) is 6.39. The zero-order chi connectivity index (χ0) is 18.6. The maximum absolute atomic E-state index is 12.3. The van der Waals surface area contributed by atoms with E-state index in [1.165, 1.54) is 11.6 Å². The van der Waals surface area contributed by atoms with E-state index in [0.29, 0.717) is 38.2 Å². The topological polar surface area (TPSA) is 83.5 Å². The van der Waals surface area contributed by atoms with Crippen molar-refractivity contribution in [3.63, 3.8) is 0 Å². The molecule has 0 saturated carbocycles. The minimum atomic E-state index is -0.535. The number of hydrogen-bond acceptors (Lipinski definition) is 6. The Morgan fingerprint density at radius 3 is 2.52 bits per heavy atom. The summed E-state index contributed by atoms with van der Waals surface area (Å²) in [7, 11) is 3.01. The molecule has 1 aromatic heterocycles. The van der Waals surface area contributed by atoms with E-state index in [0.717, 1.165) is 24.1 Å². The molecule has 1 unspecified atom stereocenters. The van der Waals surface area contributed by atoms with Gasteiger partial charge in [-0.25, -0.2) is 4.79 Å². The molecule has 0 amide bonds. The minimum Gasteiger partial charge on any atom is -0.380 e. The maximum atomic E-state index is 12.3. The van der Waals surface area contributed by atoms with Gasteiger partial charge in [-0.3, -0.25) is 18.8 Å². The largest absolute Gasteiger partial charge is 0.380 e. The van der Waals surface area contributed by atoms with E-state index >= 15 is 0 Å². The average molecular weight is 349 g/mol. The van der Waals surface area contributed by atoms with E-state index in [1.807, 2.05) is 17.9 Å². The molecule has 1 atom stereocenters. The van der Waals surface area contributed by atoms with Crippen LogP contribution in [0, 0.1) is 11.3 Å². The lowest BCUT2D eigenvalue weighted by atomic mass is 10.1. The molecule has 0 N–H and O–H groups in total. The summed E-state index contributed by atoms with van der Waals surface area (Å²) in [5.41, 5.74) is -0.916. The molecule has 2 rings (SSSR count). The van der Waals surface area contributed by atoms with Gasteiger partial charge in [-0.15, -0.1) is 0 Å². The van der Waals surface area contributed by atoms with Crippen molar-refractivity contribution in [3.8, 4) is 6.07 Å². The van der Waals surface area contributed by atoms with Crippen molar-refractivity contribution >= 4 is 5.82 Å². The highest BCUT2D eigenvalue weighted by Crippen LogP contribution is 2.21. The summed E-state index contributed by atoms with van der Waals surface area (Å²) in [5.74, 6) is 0.429. The van der Waals surface area contributed by atoms with Gasteiger partial charge in [0, 0.05) is 52.9 Å². The fraction of sp³-hybridized carbons (Fsp3) is 0.706. The lowest BCUT2D eigenvalue weighted by molar-refractivity contribution is 0.0867. The average Bonchev–Trinajstić information content (AvgIpc) is 2.63. The Bertz CT molecular complexity index is 761. The van der Waals surface area contributed by atoms with Gasteiger partial charge in [0.2, 0.25) is 0 Å². The third kappa shape index (κ3) is 3.78. The van der Waals surface area contributed by atoms with Gasteiger partial charge in [-0.1, -0.05) is 6.92 Å². The molecule has 1 saturated heterocycles. The van der Waals surface area contributed by atoms with E-state index in [4.69, 9.17) is 4.74 Å². The summed E-state index contributed by atoms with van der Waals surface area (Å²) < 4.78 is 7.84. The maximum Gasteiger partial charge on any atom is 0.332 e. The molecular formula is C17H27N5O3. The van der Waals surface area contributed by atoms with E-state index in [2.05, 4.69) is 11.8 Å². The first-order valence-electron chi connectivity index (χ1n) is 8.73. The molecule has 0 bridgehead atoms. The van der Waals surface area contributed by atoms with Crippen molar-refractivity contribution in [1.29, 1.82) is 5.26 Å². The molecule has 0 aliphatic carbocycles. The third-order valence-corrected chi connectivity index (χ3v) is 4.85. The highest BCUT2D eigenvalue weighted by molar-refractivity contribution is 5.54. The van der Waals surface area contributed by atoms with Crippen LogP contribution in [-0.2, 0) is 18.8 Å². The summed E-state index contributed by atoms with van der Waals surface area (Å²) in [5, 5.41) is 9.46. The summed E-state index contributed by atoms with van der Waals surface area (Å²) >= 11 is 0. The number of nitriles is 1. The highest BCUT2D eigenvalue weighted by atomic mass is 16.5. The highest BCUT2D eigenvalue weighted by Gasteiger charge is 2.29. The second-order valence-corrected chi connectivity index (χ2v) is 6.26. The smallest absolute Gasteiger partial charge is 0.332 e. The number of hydrogen-bond donors (Lipinski definition) is 0. The molecule has 25 heavy (non-hydrogen) atoms. The lowest BCUT2D eigenvalue weighted by Gasteiger charge is -2.42. The molecule has 1 fully saturated rings. The molecule has 2 heterocycles. The van der Waals surface area contributed by atoms with Crippen LogP contribution in [0.15, 0.2) is 9.59 Å². The summed E-state index contributed by atoms with van der Waals surface area (Å²) in [4.78, 5) is 28.9. The Balaban J connectivity index is 2.31. The van der Waals surface area contributed by atoms with Crippen LogP contribution >= 0.6 is 0 Å². The van der Waals surface area contributed by atoms with E-state index in [9.17, 15) is 14.9 Å². The van der Waals surface area contributed by atoms with Gasteiger partial charge in [0.1, 0.15) is 11.9 Å². The first kappa shape index (κ1) is 19.2. The third-order valence-electron chi connectivity index (χ3n) is 4.85. The van der Waals surface area contributed by atoms with Crippen molar-refractivity contribution < 1.29 is 4.74 Å². The van der Waals surface area contributed by atoms with Crippen molar-refractivity contribution in [2.45, 2.75) is 26.3 Å². The molecule has 0 radical (unpaired) electrons. The van der Waals surface area contributed by atoms with Crippen LogP contribution in [0.3, 0.4) is 0 Å². The first-order chi connectivity index (χ1) is 12.0. The molecule has 0 spiro atoms. The first-order valence-corrected chi connectivity index (χ1v) is 8.73. The van der Waals surface area contributed by atoms with Crippen molar-refractivity contribution in [3.05, 3.63) is 26.4 Å². The van der Waals surface area contributed by atoms with Crippen molar-refractivity contribution in [2.75, 3.05) is 44.3 Å². The summed E-state index contributed by atoms with van der Waals surface area (Å²) in [6.45, 7) is 8.51. The van der Waals surface area contributed by atoms with Crippen LogP contribution in [0.2, 0.25) is 0 Å². The van der Waals surface area contributed by atoms with Crippen LogP contribution in [0.1, 0.15) is 25.8 Å². The molecule has 1 aliphatic heterocycles. The van der Waals surface area contributed by atoms with Gasteiger partial charge >= 0.3 is 5.69 Å². The van der Waals surface area contributed by atoms with Crippen molar-refractivity contribution in [1.82, 2.24) is 14.0 Å². The van der Waals surface area contributed by atoms with Gasteiger partial charge in [0.05, 0.1) is 6.61 Å². The Morgan fingerprint density at radius 2 is 1.92 bits per heavy atom. The molecular weight excluding hydrogens is 322 g/mol. The molecule has 0 aromatic carbocycles. The molecule has 8 heteroatoms. The number of piperazine rings is 1. The van der Waals surface area contributed by atoms with Gasteiger partial charge < -0.3 is 9.64 Å². The normalized spacial score (nSPS) is 18.4. The lowest BCUT2D eigenvalue weighted by Crippen LogP contribution is -2.55. The zero-order valence-electron chi connectivity index (χ0n) is 15.5. The minimum absolute atomic E-state index is 0.0298. The number of anilines is 1. The van der Waals surface area contributed by atoms with Crippen molar-refractivity contribution in [2.24, 2.45) is 14.1 Å². The van der Waals surface area contributed by atoms with Gasteiger partial charge in [-0.05, 0) is 13.3 Å². The van der Waals surface area contributed by atoms with Gasteiger partial charge in [0.15, 0.2) is 5.56 Å². The number of ether oxygens (including phenoxy) is 1. The van der Waals surface area contributed by atoms with E-state index in [-0.39, 0.29) is 5.56 Å². The standard InChI is InChI=1S/C17H27N5O3/c1-5-13-12-22(8-7-21(13)9-10-25-6-2)15-14(11-18)16(23)20(4)17(24)19(15)3/h13H,5-10,12H2,1-4H3. The number of aromatic nitrogens is 2. The Labute approximate surface area is 147 Å². The Morgan fingerprint density at radius 1 is 1.20 bits per heavy atom. The molecule has 1 aliphatic rings. The fourth-order valence-electron chi connectivity index (χ4n) is 3.39. The second-order valence-electron chi connectivity index (χ2n) is 6.26. The van der Waals surface area contributed by atoms with E-state index in [1.54, 1.807) is 7.05 Å². The molecule has 8 nitrogen and oxygen atoms in total. The zero-order valence-corrected chi connectivity index (χ0v) is 15.5. The monoisotopic (exact) mass is 349 g/mol. The molecule has 138 valence electrons. The predicted octanol–water partition coefficient (Wildman–Crippen LogP) is -0.107. The van der Waals surface area contributed by atoms with Crippen LogP contribution < -0.4 is 16.1 Å². The predicted molar refractivity (Wildman–Crippen MR) is 96.0 cm³/mol. The van der Waals surface area contributed by atoms with E-state index < -0.39 is 11.2 Å². The Hall–Kier alpha value is -2.11. The summed E-state index contributed by atoms with van der Waals surface area (Å²) in [6.07, 6.45) is 0.948. The van der Waals surface area contributed by atoms with Crippen LogP contribution in [0.4, 0.5) is 5.82 Å². The van der Waals surface area contributed by atoms with Crippen LogP contribution in [0.25, 0.3) is 0 Å². The number of nitrogens with zero attached hydrogens (tertiary/aromatic N) is 5. The summed E-state index contributed by atoms with van der Waals surface area (Å²) in [6, 6.07) is 2.28. The van der Waals surface area contributed by atoms with Crippen LogP contribution in [0.5, 0.6) is 0 Å². The number of rotatable bonds is 6. The fourth-order valence-corrected chi connectivity index (χ4v) is 3.39. The van der Waals surface area contributed by atoms with Gasteiger partial charge in [-0.2, -0.15) is 5.26 Å². The SMILES string of the molecule is CCOCCN1CCN(c2c(C#N)c(=O)n(C)c(=O)n2C)CC1CC. The molecule has 1 aromatic rings. The quantitative estimate of drug-likeness (QED) is 0.667. The second kappa shape index (κ2) is 8.32.